The summed E-state index contributed by atoms with van der Waals surface area (Å²) in [6, 6.07) is 0. The van der Waals surface area contributed by atoms with E-state index >= 15 is 0 Å². The highest BCUT2D eigenvalue weighted by Gasteiger charge is 2.20. The molecular weight excluding hydrogens is 202 g/mol. The molecule has 0 aromatic carbocycles. The molecule has 4 nitrogen and oxygen atoms in total. The van der Waals surface area contributed by atoms with Gasteiger partial charge >= 0.3 is 7.60 Å². The molecule has 0 saturated carbocycles. The van der Waals surface area contributed by atoms with E-state index in [1.807, 2.05) is 0 Å². The third kappa shape index (κ3) is 5.72. The van der Waals surface area contributed by atoms with Gasteiger partial charge in [0, 0.05) is 12.6 Å². The topological polar surface area (TPSA) is 63.6 Å². The summed E-state index contributed by atoms with van der Waals surface area (Å²) in [5, 5.41) is -0.571. The molecule has 12 heavy (non-hydrogen) atoms. The Morgan fingerprint density at radius 1 is 1.75 bits per heavy atom. The van der Waals surface area contributed by atoms with Crippen molar-refractivity contribution >= 4 is 24.4 Å². The lowest BCUT2D eigenvalue weighted by Gasteiger charge is -2.14. The van der Waals surface area contributed by atoms with Crippen LogP contribution in [0.5, 0.6) is 0 Å². The summed E-state index contributed by atoms with van der Waals surface area (Å²) in [4.78, 5) is 19.3. The van der Waals surface area contributed by atoms with Gasteiger partial charge in [0.1, 0.15) is 0 Å². The van der Waals surface area contributed by atoms with Crippen LogP contribution in [0.1, 0.15) is 20.3 Å². The van der Waals surface area contributed by atoms with Gasteiger partial charge in [-0.2, -0.15) is 0 Å². The maximum Gasteiger partial charge on any atom is 0.328 e. The Labute approximate surface area is 76.4 Å². The molecule has 72 valence electrons. The highest BCUT2D eigenvalue weighted by atomic mass is 35.5. The summed E-state index contributed by atoms with van der Waals surface area (Å²) in [7, 11) is -3.50. The van der Waals surface area contributed by atoms with Crippen molar-refractivity contribution in [3.8, 4) is 0 Å². The standard InChI is InChI=1S/C6H12ClO4P/c1-3-12(9,10)11-5(2)4-6(7)8/h5H,3-4H2,1-2H3,(H,9,10). The molecule has 0 aliphatic heterocycles. The highest BCUT2D eigenvalue weighted by Crippen LogP contribution is 2.42. The van der Waals surface area contributed by atoms with Crippen LogP contribution < -0.4 is 0 Å². The van der Waals surface area contributed by atoms with Crippen LogP contribution in [0.4, 0.5) is 0 Å². The number of rotatable bonds is 5. The first-order valence-electron chi connectivity index (χ1n) is 3.56. The predicted octanol–water partition coefficient (Wildman–Crippen LogP) is 1.75. The van der Waals surface area contributed by atoms with Gasteiger partial charge in [0.2, 0.25) is 5.24 Å². The average molecular weight is 215 g/mol. The Kier molecular flexibility index (Phi) is 5.02. The molecule has 6 heteroatoms. The summed E-state index contributed by atoms with van der Waals surface area (Å²) in [5.41, 5.74) is 0. The van der Waals surface area contributed by atoms with Crippen molar-refractivity contribution < 1.29 is 18.8 Å². The molecule has 0 radical (unpaired) electrons. The van der Waals surface area contributed by atoms with Crippen LogP contribution in [0.3, 0.4) is 0 Å². The zero-order chi connectivity index (χ0) is 9.78. The van der Waals surface area contributed by atoms with Crippen LogP contribution in [0.15, 0.2) is 0 Å². The molecule has 2 atom stereocenters. The molecule has 0 aliphatic rings. The van der Waals surface area contributed by atoms with Crippen molar-refractivity contribution in [3.05, 3.63) is 0 Å². The van der Waals surface area contributed by atoms with Gasteiger partial charge in [-0.3, -0.25) is 9.36 Å². The van der Waals surface area contributed by atoms with E-state index in [4.69, 9.17) is 21.0 Å². The van der Waals surface area contributed by atoms with E-state index in [0.717, 1.165) is 0 Å². The van der Waals surface area contributed by atoms with Gasteiger partial charge in [0.15, 0.2) is 0 Å². The predicted molar refractivity (Wildman–Crippen MR) is 46.4 cm³/mol. The van der Waals surface area contributed by atoms with Crippen molar-refractivity contribution in [3.63, 3.8) is 0 Å². The van der Waals surface area contributed by atoms with Crippen molar-refractivity contribution in [2.24, 2.45) is 0 Å². The molecule has 0 saturated heterocycles. The Hall–Kier alpha value is 0.110. The lowest BCUT2D eigenvalue weighted by atomic mass is 10.3. The van der Waals surface area contributed by atoms with Crippen molar-refractivity contribution in [1.29, 1.82) is 0 Å². The van der Waals surface area contributed by atoms with Crippen LogP contribution in [-0.4, -0.2) is 22.4 Å². The van der Waals surface area contributed by atoms with E-state index in [0.29, 0.717) is 0 Å². The van der Waals surface area contributed by atoms with E-state index in [-0.39, 0.29) is 12.6 Å². The number of hydrogen-bond donors (Lipinski definition) is 1. The Balaban J connectivity index is 3.92. The molecule has 0 aliphatic carbocycles. The van der Waals surface area contributed by atoms with Gasteiger partial charge in [-0.05, 0) is 18.5 Å². The minimum atomic E-state index is -3.50. The zero-order valence-electron chi connectivity index (χ0n) is 6.99. The summed E-state index contributed by atoms with van der Waals surface area (Å²) in [6.45, 7) is 3.06. The fourth-order valence-electron chi connectivity index (χ4n) is 0.619. The molecule has 0 rings (SSSR count). The van der Waals surface area contributed by atoms with Gasteiger partial charge in [0.05, 0.1) is 6.10 Å². The molecule has 0 heterocycles. The first-order valence-corrected chi connectivity index (χ1v) is 5.70. The Bertz CT molecular complexity index is 206. The van der Waals surface area contributed by atoms with Crippen molar-refractivity contribution in [2.75, 3.05) is 6.16 Å². The van der Waals surface area contributed by atoms with Crippen LogP contribution in [0, 0.1) is 0 Å². The Morgan fingerprint density at radius 2 is 2.25 bits per heavy atom. The quantitative estimate of drug-likeness (QED) is 0.559. The van der Waals surface area contributed by atoms with Crippen LogP contribution >= 0.6 is 19.2 Å². The second-order valence-corrected chi connectivity index (χ2v) is 4.97. The van der Waals surface area contributed by atoms with E-state index in [1.54, 1.807) is 0 Å². The number of carbonyl (C=O) groups excluding carboxylic acids is 1. The van der Waals surface area contributed by atoms with E-state index in [2.05, 4.69) is 0 Å². The third-order valence-electron chi connectivity index (χ3n) is 1.19. The first-order chi connectivity index (χ1) is 5.37. The summed E-state index contributed by atoms with van der Waals surface area (Å²) < 4.78 is 15.7. The van der Waals surface area contributed by atoms with Gasteiger partial charge in [-0.1, -0.05) is 6.92 Å². The van der Waals surface area contributed by atoms with Crippen LogP contribution in [0.2, 0.25) is 0 Å². The monoisotopic (exact) mass is 214 g/mol. The lowest BCUT2D eigenvalue weighted by Crippen LogP contribution is -2.10. The van der Waals surface area contributed by atoms with E-state index in [1.165, 1.54) is 13.8 Å². The molecule has 1 N–H and O–H groups in total. The number of hydrogen-bond acceptors (Lipinski definition) is 3. The summed E-state index contributed by atoms with van der Waals surface area (Å²) in [5.74, 6) is 0. The molecule has 2 unspecified atom stereocenters. The molecule has 0 aromatic rings. The largest absolute Gasteiger partial charge is 0.328 e. The van der Waals surface area contributed by atoms with Gasteiger partial charge in [-0.25, -0.2) is 0 Å². The van der Waals surface area contributed by atoms with Gasteiger partial charge in [-0.15, -0.1) is 0 Å². The van der Waals surface area contributed by atoms with E-state index < -0.39 is 18.9 Å². The molecule has 0 fully saturated rings. The maximum atomic E-state index is 11.0. The fraction of sp³-hybridized carbons (Fsp3) is 0.833. The highest BCUT2D eigenvalue weighted by molar-refractivity contribution is 7.52. The summed E-state index contributed by atoms with van der Waals surface area (Å²) in [6.07, 6.45) is -0.620. The lowest BCUT2D eigenvalue weighted by molar-refractivity contribution is -0.112. The smallest absolute Gasteiger partial charge is 0.324 e. The first kappa shape index (κ1) is 12.1. The Morgan fingerprint density at radius 3 is 2.58 bits per heavy atom. The molecule has 0 spiro atoms. The third-order valence-corrected chi connectivity index (χ3v) is 2.84. The second kappa shape index (κ2) is 4.97. The van der Waals surface area contributed by atoms with E-state index in [9.17, 15) is 9.36 Å². The zero-order valence-corrected chi connectivity index (χ0v) is 8.64. The van der Waals surface area contributed by atoms with Gasteiger partial charge < -0.3 is 9.42 Å². The molecular formula is C6H12ClO4P. The molecule has 0 bridgehead atoms. The summed E-state index contributed by atoms with van der Waals surface area (Å²) >= 11 is 5.05. The van der Waals surface area contributed by atoms with Crippen LogP contribution in [0.25, 0.3) is 0 Å². The SMILES string of the molecule is CCP(=O)(O)OC(C)CC(=O)Cl. The second-order valence-electron chi connectivity index (χ2n) is 2.43. The van der Waals surface area contributed by atoms with Gasteiger partial charge in [0.25, 0.3) is 0 Å². The minimum Gasteiger partial charge on any atom is -0.324 e. The number of halogens is 1. The van der Waals surface area contributed by atoms with Crippen molar-refractivity contribution in [1.82, 2.24) is 0 Å². The average Bonchev–Trinajstić information content (AvgIpc) is 1.84. The molecule has 0 aromatic heterocycles. The normalized spacial score (nSPS) is 18.3. The van der Waals surface area contributed by atoms with Crippen molar-refractivity contribution in [2.45, 2.75) is 26.4 Å². The minimum absolute atomic E-state index is 0.0355. The fourth-order valence-corrected chi connectivity index (χ4v) is 1.62. The number of carbonyl (C=O) groups is 1. The maximum absolute atomic E-state index is 11.0. The van der Waals surface area contributed by atoms with Crippen LogP contribution in [-0.2, 0) is 13.9 Å². The molecule has 0 amide bonds.